The molecule has 0 fully saturated rings. The van der Waals surface area contributed by atoms with E-state index in [2.05, 4.69) is 23.5 Å². The van der Waals surface area contributed by atoms with Gasteiger partial charge in [-0.1, -0.05) is 18.9 Å². The Kier molecular flexibility index (Phi) is 6.45. The van der Waals surface area contributed by atoms with Crippen LogP contribution in [-0.4, -0.2) is 24.6 Å². The van der Waals surface area contributed by atoms with Crippen LogP contribution in [0.5, 0.6) is 5.75 Å². The number of benzene rings is 1. The van der Waals surface area contributed by atoms with E-state index in [-0.39, 0.29) is 24.6 Å². The van der Waals surface area contributed by atoms with E-state index < -0.39 is 0 Å². The number of amides is 1. The summed E-state index contributed by atoms with van der Waals surface area (Å²) in [5.41, 5.74) is 0.842. The number of hydrogen-bond acceptors (Lipinski definition) is 3. The number of anilines is 1. The summed E-state index contributed by atoms with van der Waals surface area (Å²) >= 11 is 0. The topological polar surface area (TPSA) is 50.4 Å². The van der Waals surface area contributed by atoms with Gasteiger partial charge in [-0.25, -0.2) is 0 Å². The summed E-state index contributed by atoms with van der Waals surface area (Å²) in [5.74, 6) is 3.04. The summed E-state index contributed by atoms with van der Waals surface area (Å²) < 4.78 is 5.74. The second kappa shape index (κ2) is 8.11. The van der Waals surface area contributed by atoms with Gasteiger partial charge in [0.25, 0.3) is 0 Å². The van der Waals surface area contributed by atoms with Crippen molar-refractivity contribution in [2.75, 3.05) is 11.9 Å². The van der Waals surface area contributed by atoms with Gasteiger partial charge in [0.05, 0.1) is 12.6 Å². The number of nitrogens with one attached hydrogen (secondary N) is 2. The molecule has 0 saturated carbocycles. The van der Waals surface area contributed by atoms with Crippen LogP contribution in [0.15, 0.2) is 24.3 Å². The second-order valence-electron chi connectivity index (χ2n) is 4.65. The minimum atomic E-state index is -0.359. The predicted octanol–water partition coefficient (Wildman–Crippen LogP) is 2.41. The summed E-state index contributed by atoms with van der Waals surface area (Å²) in [7, 11) is 0. The van der Waals surface area contributed by atoms with Gasteiger partial charge >= 0.3 is 0 Å². The van der Waals surface area contributed by atoms with Crippen LogP contribution < -0.4 is 15.4 Å². The van der Waals surface area contributed by atoms with Crippen LogP contribution in [0.1, 0.15) is 27.2 Å². The minimum absolute atomic E-state index is 0.129. The predicted molar refractivity (Wildman–Crippen MR) is 81.8 cm³/mol. The van der Waals surface area contributed by atoms with Crippen molar-refractivity contribution in [1.82, 2.24) is 5.32 Å². The Morgan fingerprint density at radius 1 is 1.45 bits per heavy atom. The second-order valence-corrected chi connectivity index (χ2v) is 4.65. The average molecular weight is 274 g/mol. The van der Waals surface area contributed by atoms with Crippen LogP contribution in [0.4, 0.5) is 5.69 Å². The van der Waals surface area contributed by atoms with Crippen molar-refractivity contribution in [3.8, 4) is 18.1 Å². The van der Waals surface area contributed by atoms with E-state index >= 15 is 0 Å². The maximum Gasteiger partial charge on any atom is 0.242 e. The van der Waals surface area contributed by atoms with Gasteiger partial charge in [-0.3, -0.25) is 4.79 Å². The fourth-order valence-corrected chi connectivity index (χ4v) is 1.58. The summed E-state index contributed by atoms with van der Waals surface area (Å²) in [6.45, 7) is 6.12. The molecule has 2 unspecified atom stereocenters. The number of hydrogen-bond donors (Lipinski definition) is 2. The van der Waals surface area contributed by atoms with Crippen molar-refractivity contribution in [3.05, 3.63) is 24.3 Å². The number of ether oxygens (including phenoxy) is 1. The van der Waals surface area contributed by atoms with Crippen molar-refractivity contribution in [2.45, 2.75) is 39.3 Å². The van der Waals surface area contributed by atoms with Gasteiger partial charge in [-0.15, -0.1) is 6.42 Å². The summed E-state index contributed by atoms with van der Waals surface area (Å²) in [6, 6.07) is 7.22. The highest BCUT2D eigenvalue weighted by atomic mass is 16.5. The molecule has 0 aliphatic carbocycles. The fourth-order valence-electron chi connectivity index (χ4n) is 1.58. The summed E-state index contributed by atoms with van der Waals surface area (Å²) in [4.78, 5) is 11.7. The Labute approximate surface area is 120 Å². The van der Waals surface area contributed by atoms with Gasteiger partial charge in [0.2, 0.25) is 5.91 Å². The van der Waals surface area contributed by atoms with Crippen molar-refractivity contribution < 1.29 is 9.53 Å². The van der Waals surface area contributed by atoms with Gasteiger partial charge in [-0.05, 0) is 32.4 Å². The fraction of sp³-hybridized carbons (Fsp3) is 0.438. The monoisotopic (exact) mass is 274 g/mol. The Morgan fingerprint density at radius 2 is 2.20 bits per heavy atom. The van der Waals surface area contributed by atoms with E-state index in [0.717, 1.165) is 17.9 Å². The lowest BCUT2D eigenvalue weighted by atomic mass is 10.2. The van der Waals surface area contributed by atoms with Crippen LogP contribution in [0.3, 0.4) is 0 Å². The highest BCUT2D eigenvalue weighted by Gasteiger charge is 2.11. The number of terminal acetylenes is 1. The van der Waals surface area contributed by atoms with Crippen molar-refractivity contribution in [2.24, 2.45) is 0 Å². The molecular formula is C16H22N2O2. The first-order chi connectivity index (χ1) is 9.56. The molecule has 0 aromatic heterocycles. The van der Waals surface area contributed by atoms with E-state index in [1.807, 2.05) is 31.2 Å². The molecule has 1 aromatic carbocycles. The normalized spacial score (nSPS) is 12.9. The molecular weight excluding hydrogens is 252 g/mol. The van der Waals surface area contributed by atoms with E-state index in [9.17, 15) is 4.79 Å². The molecule has 1 rings (SSSR count). The van der Waals surface area contributed by atoms with Crippen LogP contribution in [0.25, 0.3) is 0 Å². The lowest BCUT2D eigenvalue weighted by Gasteiger charge is -2.17. The maximum absolute atomic E-state index is 11.7. The van der Waals surface area contributed by atoms with Crippen LogP contribution in [-0.2, 0) is 4.79 Å². The summed E-state index contributed by atoms with van der Waals surface area (Å²) in [5, 5.41) is 5.76. The third-order valence-corrected chi connectivity index (χ3v) is 2.89. The molecule has 0 aliphatic rings. The zero-order valence-electron chi connectivity index (χ0n) is 12.3. The van der Waals surface area contributed by atoms with Crippen LogP contribution >= 0.6 is 0 Å². The summed E-state index contributed by atoms with van der Waals surface area (Å²) in [6.07, 6.45) is 6.22. The molecule has 0 bridgehead atoms. The van der Waals surface area contributed by atoms with E-state index in [1.54, 1.807) is 6.92 Å². The Bertz CT molecular complexity index is 480. The van der Waals surface area contributed by atoms with Crippen molar-refractivity contribution in [1.29, 1.82) is 0 Å². The number of carbonyl (C=O) groups is 1. The first kappa shape index (κ1) is 15.9. The quantitative estimate of drug-likeness (QED) is 0.751. The third-order valence-electron chi connectivity index (χ3n) is 2.89. The van der Waals surface area contributed by atoms with Gasteiger partial charge in [0, 0.05) is 11.8 Å². The molecule has 0 heterocycles. The molecule has 0 spiro atoms. The number of carbonyl (C=O) groups excluding carboxylic acids is 1. The Hall–Kier alpha value is -2.15. The molecule has 0 saturated heterocycles. The van der Waals surface area contributed by atoms with E-state index in [0.29, 0.717) is 0 Å². The first-order valence-electron chi connectivity index (χ1n) is 6.81. The van der Waals surface area contributed by atoms with Crippen molar-refractivity contribution >= 4 is 11.6 Å². The SMILES string of the molecule is C#CCNC(=O)C(C)Nc1cccc(OC(C)CC)c1. The molecule has 2 atom stereocenters. The maximum atomic E-state index is 11.7. The molecule has 108 valence electrons. The molecule has 20 heavy (non-hydrogen) atoms. The lowest BCUT2D eigenvalue weighted by Crippen LogP contribution is -2.37. The van der Waals surface area contributed by atoms with Crippen molar-refractivity contribution in [3.63, 3.8) is 0 Å². The van der Waals surface area contributed by atoms with E-state index in [4.69, 9.17) is 11.2 Å². The Morgan fingerprint density at radius 3 is 2.85 bits per heavy atom. The van der Waals surface area contributed by atoms with E-state index in [1.165, 1.54) is 0 Å². The molecule has 0 aliphatic heterocycles. The Balaban J connectivity index is 2.61. The standard InChI is InChI=1S/C16H22N2O2/c1-5-10-17-16(19)13(4)18-14-8-7-9-15(11-14)20-12(3)6-2/h1,7-9,11-13,18H,6,10H2,2-4H3,(H,17,19). The molecule has 4 heteroatoms. The zero-order valence-corrected chi connectivity index (χ0v) is 12.3. The largest absolute Gasteiger partial charge is 0.491 e. The highest BCUT2D eigenvalue weighted by molar-refractivity contribution is 5.84. The molecule has 4 nitrogen and oxygen atoms in total. The molecule has 1 aromatic rings. The molecule has 2 N–H and O–H groups in total. The van der Waals surface area contributed by atoms with Gasteiger partial charge in [0.15, 0.2) is 0 Å². The number of rotatable bonds is 7. The van der Waals surface area contributed by atoms with Crippen LogP contribution in [0, 0.1) is 12.3 Å². The first-order valence-corrected chi connectivity index (χ1v) is 6.81. The highest BCUT2D eigenvalue weighted by Crippen LogP contribution is 2.19. The smallest absolute Gasteiger partial charge is 0.242 e. The van der Waals surface area contributed by atoms with Crippen LogP contribution in [0.2, 0.25) is 0 Å². The lowest BCUT2D eigenvalue weighted by molar-refractivity contribution is -0.121. The average Bonchev–Trinajstić information content (AvgIpc) is 2.44. The van der Waals surface area contributed by atoms with Gasteiger partial charge in [0.1, 0.15) is 11.8 Å². The third kappa shape index (κ3) is 5.23. The molecule has 1 amide bonds. The zero-order chi connectivity index (χ0) is 15.0. The minimum Gasteiger partial charge on any atom is -0.491 e. The van der Waals surface area contributed by atoms with Gasteiger partial charge < -0.3 is 15.4 Å². The van der Waals surface area contributed by atoms with Gasteiger partial charge in [-0.2, -0.15) is 0 Å². The molecule has 0 radical (unpaired) electrons.